The van der Waals surface area contributed by atoms with Crippen LogP contribution >= 0.6 is 0 Å². The van der Waals surface area contributed by atoms with E-state index < -0.39 is 17.7 Å². The van der Waals surface area contributed by atoms with Gasteiger partial charge < -0.3 is 24.3 Å². The van der Waals surface area contributed by atoms with Crippen LogP contribution in [0.15, 0.2) is 60.3 Å². The second kappa shape index (κ2) is 10.7. The van der Waals surface area contributed by atoms with Crippen LogP contribution in [0.4, 0.5) is 5.95 Å². The number of benzene rings is 2. The van der Waals surface area contributed by atoms with Crippen molar-refractivity contribution in [2.45, 2.75) is 32.7 Å². The summed E-state index contributed by atoms with van der Waals surface area (Å²) in [4.78, 5) is 40.5. The van der Waals surface area contributed by atoms with Gasteiger partial charge in [-0.05, 0) is 48.7 Å². The molecule has 2 aromatic carbocycles. The number of imidazole rings is 1. The average molecular weight is 543 g/mol. The standard InChI is InChI=1S/C30H30N4O6/c1-6-40-22-11-10-17(13-18(22)16(2)3)27(35)25-26(19-9-7-8-12-31-19)34(29(37)28(25)36)30-32-20-14-23(38-4)24(39-5)15-21(20)33-30/h7-16,26,35H,6H2,1-5H3,(H,32,33)/b27-25+. The van der Waals surface area contributed by atoms with Crippen molar-refractivity contribution in [3.05, 3.63) is 77.1 Å². The van der Waals surface area contributed by atoms with Crippen molar-refractivity contribution in [3.8, 4) is 17.2 Å². The fourth-order valence-corrected chi connectivity index (χ4v) is 4.90. The number of nitrogens with one attached hydrogen (secondary N) is 1. The molecule has 10 heteroatoms. The molecule has 10 nitrogen and oxygen atoms in total. The van der Waals surface area contributed by atoms with Crippen molar-refractivity contribution in [2.75, 3.05) is 25.7 Å². The summed E-state index contributed by atoms with van der Waals surface area (Å²) in [5.41, 5.74) is 2.65. The number of fused-ring (bicyclic) bond motifs is 1. The van der Waals surface area contributed by atoms with Crippen LogP contribution in [0.3, 0.4) is 0 Å². The Balaban J connectivity index is 1.69. The molecule has 1 atom stereocenters. The first-order valence-corrected chi connectivity index (χ1v) is 12.9. The van der Waals surface area contributed by atoms with Gasteiger partial charge in [-0.25, -0.2) is 4.98 Å². The van der Waals surface area contributed by atoms with Crippen LogP contribution in [0, 0.1) is 0 Å². The minimum Gasteiger partial charge on any atom is -0.507 e. The molecular weight excluding hydrogens is 512 g/mol. The number of nitrogens with zero attached hydrogens (tertiary/aromatic N) is 3. The zero-order chi connectivity index (χ0) is 28.6. The van der Waals surface area contributed by atoms with E-state index in [9.17, 15) is 14.7 Å². The number of hydrogen-bond donors (Lipinski definition) is 2. The van der Waals surface area contributed by atoms with Crippen molar-refractivity contribution < 1.29 is 28.9 Å². The molecule has 2 N–H and O–H groups in total. The van der Waals surface area contributed by atoms with Gasteiger partial charge in [0.2, 0.25) is 5.95 Å². The van der Waals surface area contributed by atoms with Gasteiger partial charge >= 0.3 is 5.91 Å². The summed E-state index contributed by atoms with van der Waals surface area (Å²) in [5, 5.41) is 11.6. The molecule has 0 radical (unpaired) electrons. The third-order valence-corrected chi connectivity index (χ3v) is 6.82. The van der Waals surface area contributed by atoms with E-state index in [1.807, 2.05) is 20.8 Å². The van der Waals surface area contributed by atoms with Crippen LogP contribution in [0.2, 0.25) is 0 Å². The fourth-order valence-electron chi connectivity index (χ4n) is 4.90. The Hall–Kier alpha value is -4.86. The quantitative estimate of drug-likeness (QED) is 0.178. The van der Waals surface area contributed by atoms with E-state index in [1.54, 1.807) is 54.7 Å². The molecule has 40 heavy (non-hydrogen) atoms. The largest absolute Gasteiger partial charge is 0.507 e. The molecular formula is C30H30N4O6. The maximum absolute atomic E-state index is 13.5. The molecule has 2 aromatic heterocycles. The molecule has 0 bridgehead atoms. The molecule has 5 rings (SSSR count). The lowest BCUT2D eigenvalue weighted by atomic mass is 9.94. The second-order valence-electron chi connectivity index (χ2n) is 9.55. The summed E-state index contributed by atoms with van der Waals surface area (Å²) in [6.45, 7) is 6.42. The van der Waals surface area contributed by atoms with Gasteiger partial charge in [-0.1, -0.05) is 19.9 Å². The predicted octanol–water partition coefficient (Wildman–Crippen LogP) is 5.12. The van der Waals surface area contributed by atoms with E-state index in [0.717, 1.165) is 5.56 Å². The Morgan fingerprint density at radius 3 is 2.45 bits per heavy atom. The lowest BCUT2D eigenvalue weighted by Crippen LogP contribution is -2.30. The number of ether oxygens (including phenoxy) is 3. The summed E-state index contributed by atoms with van der Waals surface area (Å²) < 4.78 is 16.5. The molecule has 1 saturated heterocycles. The first-order chi connectivity index (χ1) is 19.3. The minimum absolute atomic E-state index is 0.0850. The molecule has 0 spiro atoms. The SMILES string of the molecule is CCOc1ccc(/C(O)=C2\C(=O)C(=O)N(c3nc4cc(OC)c(OC)cc4[nH]3)C2c2ccccn2)cc1C(C)C. The number of aliphatic hydroxyl groups excluding tert-OH is 1. The number of aromatic nitrogens is 3. The van der Waals surface area contributed by atoms with Crippen LogP contribution in [0.1, 0.15) is 49.6 Å². The average Bonchev–Trinajstić information content (AvgIpc) is 3.49. The normalized spacial score (nSPS) is 16.6. The topological polar surface area (TPSA) is 127 Å². The fraction of sp³-hybridized carbons (Fsp3) is 0.267. The molecule has 1 aliphatic rings. The lowest BCUT2D eigenvalue weighted by Gasteiger charge is -2.22. The number of Topliss-reactive ketones (excluding diaryl/α,β-unsaturated/α-hetero) is 1. The summed E-state index contributed by atoms with van der Waals surface area (Å²) in [7, 11) is 3.04. The van der Waals surface area contributed by atoms with E-state index in [4.69, 9.17) is 14.2 Å². The maximum atomic E-state index is 13.5. The second-order valence-corrected chi connectivity index (χ2v) is 9.55. The van der Waals surface area contributed by atoms with Gasteiger partial charge in [0, 0.05) is 23.9 Å². The van der Waals surface area contributed by atoms with E-state index in [-0.39, 0.29) is 23.2 Å². The summed E-state index contributed by atoms with van der Waals surface area (Å²) >= 11 is 0. The Labute approximate surface area is 231 Å². The van der Waals surface area contributed by atoms with Crippen LogP contribution in [0.25, 0.3) is 16.8 Å². The van der Waals surface area contributed by atoms with Crippen LogP contribution < -0.4 is 19.1 Å². The van der Waals surface area contributed by atoms with Gasteiger partial charge in [-0.2, -0.15) is 0 Å². The van der Waals surface area contributed by atoms with Gasteiger partial charge in [-0.3, -0.25) is 19.5 Å². The maximum Gasteiger partial charge on any atom is 0.302 e. The molecule has 0 aliphatic carbocycles. The van der Waals surface area contributed by atoms with E-state index in [0.29, 0.717) is 46.1 Å². The highest BCUT2D eigenvalue weighted by Gasteiger charge is 2.49. The number of H-pyrrole nitrogens is 1. The third kappa shape index (κ3) is 4.51. The van der Waals surface area contributed by atoms with Crippen molar-refractivity contribution in [2.24, 2.45) is 0 Å². The molecule has 206 valence electrons. The van der Waals surface area contributed by atoms with E-state index >= 15 is 0 Å². The van der Waals surface area contributed by atoms with Crippen molar-refractivity contribution in [3.63, 3.8) is 0 Å². The van der Waals surface area contributed by atoms with Crippen molar-refractivity contribution >= 4 is 34.4 Å². The van der Waals surface area contributed by atoms with Crippen LogP contribution in [0.5, 0.6) is 17.2 Å². The van der Waals surface area contributed by atoms with Gasteiger partial charge in [0.05, 0.1) is 43.1 Å². The number of hydrogen-bond acceptors (Lipinski definition) is 8. The number of aliphatic hydroxyl groups is 1. The monoisotopic (exact) mass is 542 g/mol. The summed E-state index contributed by atoms with van der Waals surface area (Å²) in [5.74, 6) is -0.138. The number of carbonyl (C=O) groups is 2. The first-order valence-electron chi connectivity index (χ1n) is 12.9. The van der Waals surface area contributed by atoms with Gasteiger partial charge in [-0.15, -0.1) is 0 Å². The zero-order valence-electron chi connectivity index (χ0n) is 22.9. The minimum atomic E-state index is -1.03. The van der Waals surface area contributed by atoms with Crippen molar-refractivity contribution in [1.29, 1.82) is 0 Å². The highest BCUT2D eigenvalue weighted by atomic mass is 16.5. The molecule has 1 amide bonds. The highest BCUT2D eigenvalue weighted by molar-refractivity contribution is 6.51. The van der Waals surface area contributed by atoms with Gasteiger partial charge in [0.1, 0.15) is 17.6 Å². The first kappa shape index (κ1) is 26.7. The zero-order valence-corrected chi connectivity index (χ0v) is 22.9. The Morgan fingerprint density at radius 2 is 1.80 bits per heavy atom. The van der Waals surface area contributed by atoms with Crippen molar-refractivity contribution in [1.82, 2.24) is 15.0 Å². The smallest absolute Gasteiger partial charge is 0.302 e. The Morgan fingerprint density at radius 1 is 1.05 bits per heavy atom. The molecule has 3 heterocycles. The number of pyridine rings is 1. The molecule has 4 aromatic rings. The Bertz CT molecular complexity index is 1590. The number of carbonyl (C=O) groups excluding carboxylic acids is 2. The van der Waals surface area contributed by atoms with Crippen LogP contribution in [-0.4, -0.2) is 52.6 Å². The highest BCUT2D eigenvalue weighted by Crippen LogP contribution is 2.42. The molecule has 1 aliphatic heterocycles. The van der Waals surface area contributed by atoms with Crippen LogP contribution in [-0.2, 0) is 9.59 Å². The number of ketones is 1. The molecule has 0 saturated carbocycles. The molecule has 1 fully saturated rings. The number of methoxy groups -OCH3 is 2. The lowest BCUT2D eigenvalue weighted by molar-refractivity contribution is -0.132. The third-order valence-electron chi connectivity index (χ3n) is 6.82. The van der Waals surface area contributed by atoms with E-state index in [1.165, 1.54) is 19.1 Å². The predicted molar refractivity (Wildman–Crippen MR) is 150 cm³/mol. The Kier molecular flexibility index (Phi) is 7.17. The van der Waals surface area contributed by atoms with Gasteiger partial charge in [0.25, 0.3) is 5.78 Å². The number of amides is 1. The van der Waals surface area contributed by atoms with E-state index in [2.05, 4.69) is 15.0 Å². The molecule has 1 unspecified atom stereocenters. The number of rotatable bonds is 8. The summed E-state index contributed by atoms with van der Waals surface area (Å²) in [6.07, 6.45) is 1.57. The summed E-state index contributed by atoms with van der Waals surface area (Å²) in [6, 6.07) is 12.8. The number of aromatic amines is 1. The van der Waals surface area contributed by atoms with Gasteiger partial charge in [0.15, 0.2) is 11.5 Å². The number of anilines is 1.